The van der Waals surface area contributed by atoms with Gasteiger partial charge in [-0.15, -0.1) is 4.44 Å². The van der Waals surface area contributed by atoms with E-state index in [-0.39, 0.29) is 0 Å². The summed E-state index contributed by atoms with van der Waals surface area (Å²) in [7, 11) is 0. The molecule has 1 aliphatic carbocycles. The number of aryl methyl sites for hydroxylation is 2. The molecule has 1 aromatic heterocycles. The van der Waals surface area contributed by atoms with Crippen LogP contribution < -0.4 is 0 Å². The summed E-state index contributed by atoms with van der Waals surface area (Å²) in [4.78, 5) is 4.94. The van der Waals surface area contributed by atoms with Crippen LogP contribution in [0, 0.1) is 13.8 Å². The molecule has 0 atom stereocenters. The van der Waals surface area contributed by atoms with Gasteiger partial charge in [0.1, 0.15) is 5.82 Å². The highest BCUT2D eigenvalue weighted by molar-refractivity contribution is 6.26. The van der Waals surface area contributed by atoms with E-state index in [1.165, 1.54) is 50.4 Å². The number of benzene rings is 2. The van der Waals surface area contributed by atoms with Crippen molar-refractivity contribution in [1.82, 2.24) is 9.55 Å². The molecule has 3 heteroatoms. The van der Waals surface area contributed by atoms with Crippen LogP contribution in [0.2, 0.25) is 0 Å². The first-order chi connectivity index (χ1) is 11.1. The third-order valence-electron chi connectivity index (χ3n) is 5.80. The van der Waals surface area contributed by atoms with Gasteiger partial charge in [-0.25, -0.2) is 4.98 Å². The van der Waals surface area contributed by atoms with Gasteiger partial charge in [-0.3, -0.25) is 4.57 Å². The van der Waals surface area contributed by atoms with Crippen LogP contribution in [0.15, 0.2) is 28.7 Å². The molecule has 112 valence electrons. The Labute approximate surface area is 144 Å². The zero-order chi connectivity index (χ0) is 15.9. The second-order valence-corrected chi connectivity index (χ2v) is 8.31. The molecule has 2 aliphatic rings. The van der Waals surface area contributed by atoms with Gasteiger partial charge in [0.05, 0.1) is 16.7 Å². The van der Waals surface area contributed by atoms with Gasteiger partial charge >= 0.3 is 0 Å². The van der Waals surface area contributed by atoms with Crippen LogP contribution in [0.5, 0.6) is 0 Å². The van der Waals surface area contributed by atoms with E-state index in [4.69, 9.17) is 4.98 Å². The minimum atomic E-state index is 0.958. The summed E-state index contributed by atoms with van der Waals surface area (Å²) in [5.74, 6) is 1.20. The lowest BCUT2D eigenvalue weighted by atomic mass is 9.99. The quantitative estimate of drug-likeness (QED) is 0.455. The molecule has 0 bridgehead atoms. The van der Waals surface area contributed by atoms with Gasteiger partial charge in [0.25, 0.3) is 16.3 Å². The maximum atomic E-state index is 4.94. The van der Waals surface area contributed by atoms with Gasteiger partial charge in [-0.2, -0.15) is 0 Å². The number of fused-ring (bicyclic) bond motifs is 7. The Morgan fingerprint density at radius 2 is 1.78 bits per heavy atom. The molecule has 2 aromatic carbocycles. The maximum absolute atomic E-state index is 4.94. The number of rotatable bonds is 0. The zero-order valence-corrected chi connectivity index (χ0v) is 16.1. The minimum absolute atomic E-state index is 0.958. The molecule has 3 aromatic rings. The average molecular weight is 314 g/mol. The van der Waals surface area contributed by atoms with Gasteiger partial charge < -0.3 is 0 Å². The van der Waals surface area contributed by atoms with E-state index in [2.05, 4.69) is 49.6 Å². The van der Waals surface area contributed by atoms with Crippen molar-refractivity contribution in [2.45, 2.75) is 33.6 Å². The fourth-order valence-electron chi connectivity index (χ4n) is 4.28. The number of aromatic nitrogens is 2. The van der Waals surface area contributed by atoms with Crippen LogP contribution in [0.25, 0.3) is 22.3 Å². The number of hydrogen-bond donors (Lipinski definition) is 0. The highest BCUT2D eigenvalue weighted by Crippen LogP contribution is 2.43. The van der Waals surface area contributed by atoms with Gasteiger partial charge in [0.15, 0.2) is 0 Å². The Balaban J connectivity index is 1.94. The van der Waals surface area contributed by atoms with Crippen LogP contribution in [-0.4, -0.2) is 25.8 Å². The van der Waals surface area contributed by atoms with E-state index >= 15 is 0 Å². The normalized spacial score (nSPS) is 15.3. The largest absolute Gasteiger partial charge is 0.295 e. The van der Waals surface area contributed by atoms with Crippen LogP contribution in [0.1, 0.15) is 40.6 Å². The predicted molar refractivity (Wildman–Crippen MR) is 98.2 cm³/mol. The SMILES string of the molecule is CC1=[C]([AlH2])Cc2ccc3c(c21)-n1c(nc2ccc(C)c(C)c21)C3. The summed E-state index contributed by atoms with van der Waals surface area (Å²) in [6.45, 7) is 6.74. The molecule has 2 nitrogen and oxygen atoms in total. The molecular formula is C20H19AlN2. The van der Waals surface area contributed by atoms with Crippen molar-refractivity contribution >= 4 is 32.9 Å². The summed E-state index contributed by atoms with van der Waals surface area (Å²) in [6.07, 6.45) is 2.11. The fraction of sp³-hybridized carbons (Fsp3) is 0.250. The molecule has 0 amide bonds. The monoisotopic (exact) mass is 314 g/mol. The van der Waals surface area contributed by atoms with Crippen LogP contribution in [0.4, 0.5) is 0 Å². The fourth-order valence-corrected chi connectivity index (χ4v) is 4.91. The van der Waals surface area contributed by atoms with Crippen LogP contribution in [0.3, 0.4) is 0 Å². The van der Waals surface area contributed by atoms with E-state index in [1.807, 2.05) is 0 Å². The summed E-state index contributed by atoms with van der Waals surface area (Å²) in [5.41, 5.74) is 12.5. The molecule has 0 saturated heterocycles. The van der Waals surface area contributed by atoms with Crippen molar-refractivity contribution in [3.8, 4) is 5.69 Å². The van der Waals surface area contributed by atoms with Crippen LogP contribution >= 0.6 is 0 Å². The van der Waals surface area contributed by atoms with Crippen molar-refractivity contribution in [3.63, 3.8) is 0 Å². The number of imidazole rings is 1. The van der Waals surface area contributed by atoms with Crippen molar-refractivity contribution < 1.29 is 0 Å². The van der Waals surface area contributed by atoms with E-state index in [0.29, 0.717) is 0 Å². The van der Waals surface area contributed by atoms with Crippen molar-refractivity contribution in [3.05, 3.63) is 62.3 Å². The molecule has 1 aliphatic heterocycles. The van der Waals surface area contributed by atoms with E-state index in [9.17, 15) is 0 Å². The number of allylic oxidation sites excluding steroid dienone is 2. The second-order valence-electron chi connectivity index (χ2n) is 7.10. The molecule has 0 radical (unpaired) electrons. The van der Waals surface area contributed by atoms with Gasteiger partial charge in [0, 0.05) is 12.0 Å². The molecule has 0 saturated carbocycles. The molecule has 5 rings (SSSR count). The smallest absolute Gasteiger partial charge is 0.253 e. The Bertz CT molecular complexity index is 1050. The lowest BCUT2D eigenvalue weighted by Crippen LogP contribution is -2.00. The van der Waals surface area contributed by atoms with E-state index < -0.39 is 0 Å². The first-order valence-corrected chi connectivity index (χ1v) is 9.35. The molecule has 2 heterocycles. The first-order valence-electron chi connectivity index (χ1n) is 8.35. The Morgan fingerprint density at radius 1 is 1.00 bits per heavy atom. The van der Waals surface area contributed by atoms with Gasteiger partial charge in [-0.1, -0.05) is 23.8 Å². The summed E-state index contributed by atoms with van der Waals surface area (Å²) >= 11 is 1.16. The highest BCUT2D eigenvalue weighted by Gasteiger charge is 2.30. The third kappa shape index (κ3) is 1.62. The van der Waals surface area contributed by atoms with Gasteiger partial charge in [-0.05, 0) is 55.5 Å². The topological polar surface area (TPSA) is 17.8 Å². The van der Waals surface area contributed by atoms with Crippen LogP contribution in [-0.2, 0) is 12.8 Å². The van der Waals surface area contributed by atoms with Gasteiger partial charge in [0.2, 0.25) is 0 Å². The average Bonchev–Trinajstić information content (AvgIpc) is 3.14. The third-order valence-corrected chi connectivity index (χ3v) is 6.91. The van der Waals surface area contributed by atoms with Crippen molar-refractivity contribution in [2.75, 3.05) is 0 Å². The molecule has 0 unspecified atom stereocenters. The lowest BCUT2D eigenvalue weighted by Gasteiger charge is -2.14. The molecular weight excluding hydrogens is 295 g/mol. The number of hydrogen-bond acceptors (Lipinski definition) is 1. The second kappa shape index (κ2) is 4.38. The minimum Gasteiger partial charge on any atom is -0.295 e. The maximum Gasteiger partial charge on any atom is 0.253 e. The standard InChI is InChI=1S/C20H17N2.Al.2H/c1-11-5-9-16-19(13(11)3)22-17(21-16)10-15-8-7-14-6-4-12(2)18(14)20(15)22;;;/h5,7-9H,6,10H2,1-3H3;;;. The van der Waals surface area contributed by atoms with E-state index in [0.717, 1.165) is 34.6 Å². The molecule has 23 heavy (non-hydrogen) atoms. The predicted octanol–water partition coefficient (Wildman–Crippen LogP) is 3.47. The van der Waals surface area contributed by atoms with Crippen molar-refractivity contribution in [2.24, 2.45) is 0 Å². The van der Waals surface area contributed by atoms with Crippen molar-refractivity contribution in [1.29, 1.82) is 0 Å². The first kappa shape index (κ1) is 13.6. The summed E-state index contributed by atoms with van der Waals surface area (Å²) in [5, 5.41) is 0. The highest BCUT2D eigenvalue weighted by atomic mass is 27.0. The number of nitrogens with zero attached hydrogens (tertiary/aromatic N) is 2. The molecule has 0 spiro atoms. The summed E-state index contributed by atoms with van der Waals surface area (Å²) < 4.78 is 4.09. The zero-order valence-electron chi connectivity index (χ0n) is 14.1. The summed E-state index contributed by atoms with van der Waals surface area (Å²) in [6, 6.07) is 9.03. The van der Waals surface area contributed by atoms with E-state index in [1.54, 1.807) is 4.44 Å². The lowest BCUT2D eigenvalue weighted by molar-refractivity contribution is 1.01. The Morgan fingerprint density at radius 3 is 2.61 bits per heavy atom. The Hall–Kier alpha value is -1.82. The molecule has 0 fully saturated rings. The Kier molecular flexibility index (Phi) is 2.59. The molecule has 0 N–H and O–H groups in total.